The molecule has 0 aliphatic carbocycles. The number of hydrogen-bond acceptors (Lipinski definition) is 6. The van der Waals surface area contributed by atoms with Crippen molar-refractivity contribution in [3.05, 3.63) is 124 Å². The summed E-state index contributed by atoms with van der Waals surface area (Å²) >= 11 is 0. The molecular weight excluding hydrogens is 556 g/mol. The monoisotopic (exact) mass is 588 g/mol. The quantitative estimate of drug-likeness (QED) is 0.132. The first-order valence-electron chi connectivity index (χ1n) is 13.0. The van der Waals surface area contributed by atoms with Crippen LogP contribution in [0.4, 0.5) is 11.4 Å². The fourth-order valence-corrected chi connectivity index (χ4v) is 5.54. The smallest absolute Gasteiger partial charge is 0.275 e. The van der Waals surface area contributed by atoms with Crippen LogP contribution in [-0.2, 0) is 33.5 Å². The third kappa shape index (κ3) is 7.98. The maximum Gasteiger partial charge on any atom is 0.275 e. The lowest BCUT2D eigenvalue weighted by molar-refractivity contribution is -0.124. The number of phenolic OH excluding ortho intramolecular Hbond substituents is 1. The number of benzene rings is 3. The zero-order valence-electron chi connectivity index (χ0n) is 22.9. The summed E-state index contributed by atoms with van der Waals surface area (Å²) in [4.78, 5) is 30.9. The molecule has 0 radical (unpaired) electrons. The molecule has 0 bridgehead atoms. The fourth-order valence-electron chi connectivity index (χ4n) is 4.35. The van der Waals surface area contributed by atoms with E-state index < -0.39 is 27.5 Å². The number of amides is 1. The second-order valence-corrected chi connectivity index (χ2v) is 11.4. The Kier molecular flexibility index (Phi) is 9.28. The molecule has 1 heterocycles. The topological polar surface area (TPSA) is 182 Å². The number of phenols is 1. The molecule has 1 unspecified atom stereocenters. The van der Waals surface area contributed by atoms with E-state index >= 15 is 0 Å². The normalized spacial score (nSPS) is 11.8. The van der Waals surface area contributed by atoms with Gasteiger partial charge in [0.25, 0.3) is 5.56 Å². The first-order valence-corrected chi connectivity index (χ1v) is 14.7. The van der Waals surface area contributed by atoms with Gasteiger partial charge in [-0.3, -0.25) is 18.9 Å². The van der Waals surface area contributed by atoms with Crippen LogP contribution in [0.1, 0.15) is 35.3 Å². The van der Waals surface area contributed by atoms with E-state index in [0.717, 1.165) is 11.1 Å². The summed E-state index contributed by atoms with van der Waals surface area (Å²) in [6.07, 6.45) is 0.260. The van der Waals surface area contributed by atoms with Crippen LogP contribution in [0, 0.1) is 0 Å². The Hall–Kier alpha value is -5.10. The Morgan fingerprint density at radius 3 is 2.19 bits per heavy atom. The number of guanidine groups is 1. The van der Waals surface area contributed by atoms with E-state index in [1.165, 1.54) is 22.8 Å². The minimum atomic E-state index is -3.92. The van der Waals surface area contributed by atoms with Crippen molar-refractivity contribution in [1.29, 1.82) is 0 Å². The maximum atomic E-state index is 13.7. The summed E-state index contributed by atoms with van der Waals surface area (Å²) in [6.45, 7) is 1.75. The van der Waals surface area contributed by atoms with Gasteiger partial charge in [-0.2, -0.15) is 0 Å². The van der Waals surface area contributed by atoms with E-state index in [2.05, 4.69) is 15.0 Å². The highest BCUT2D eigenvalue weighted by atomic mass is 32.2. The molecular formula is C30H32N6O5S. The molecule has 0 saturated carbocycles. The first kappa shape index (κ1) is 29.9. The van der Waals surface area contributed by atoms with Gasteiger partial charge in [0.2, 0.25) is 15.9 Å². The lowest BCUT2D eigenvalue weighted by Gasteiger charge is -2.21. The average molecular weight is 589 g/mol. The predicted octanol–water partition coefficient (Wildman–Crippen LogP) is 2.87. The highest BCUT2D eigenvalue weighted by Crippen LogP contribution is 2.19. The Morgan fingerprint density at radius 1 is 0.905 bits per heavy atom. The number of nitrogens with zero attached hydrogens (tertiary/aromatic N) is 2. The van der Waals surface area contributed by atoms with Gasteiger partial charge in [-0.15, -0.1) is 0 Å². The number of aromatic nitrogens is 1. The molecule has 0 aliphatic heterocycles. The Balaban J connectivity index is 1.60. The van der Waals surface area contributed by atoms with Crippen molar-refractivity contribution in [2.24, 2.45) is 16.5 Å². The Labute approximate surface area is 243 Å². The largest absolute Gasteiger partial charge is 0.508 e. The van der Waals surface area contributed by atoms with Gasteiger partial charge in [0.15, 0.2) is 5.96 Å². The summed E-state index contributed by atoms with van der Waals surface area (Å²) in [5.74, 6) is -0.733. The molecule has 1 atom stereocenters. The molecule has 42 heavy (non-hydrogen) atoms. The van der Waals surface area contributed by atoms with Crippen LogP contribution in [0.25, 0.3) is 0 Å². The van der Waals surface area contributed by atoms with E-state index in [9.17, 15) is 23.1 Å². The number of carbonyl (C=O) groups is 1. The third-order valence-electron chi connectivity index (χ3n) is 6.42. The van der Waals surface area contributed by atoms with Gasteiger partial charge in [0.05, 0.1) is 11.4 Å². The van der Waals surface area contributed by atoms with Crippen LogP contribution in [0.3, 0.4) is 0 Å². The van der Waals surface area contributed by atoms with Crippen LogP contribution < -0.4 is 27.1 Å². The standard InChI is InChI=1S/C30H32N6O5S/c1-20(28(38)33-18-22-7-11-24(12-8-22)34-30(31)32)36-25(17-21-9-14-26(37)15-10-21)13-16-27(29(36)39)35-42(40,41)19-23-5-3-2-4-6-23/h2-16,20,35,37H,17-19H2,1H3,(H,33,38)(H4,31,32,34). The number of aliphatic imine (C=N–C) groups is 1. The van der Waals surface area contributed by atoms with Gasteiger partial charge in [-0.1, -0.05) is 54.6 Å². The molecule has 7 N–H and O–H groups in total. The molecule has 1 aromatic heterocycles. The van der Waals surface area contributed by atoms with Gasteiger partial charge in [0.1, 0.15) is 17.5 Å². The number of pyridine rings is 1. The SMILES string of the molecule is CC(C(=O)NCc1ccc(N=C(N)N)cc1)n1c(Cc2ccc(O)cc2)ccc(NS(=O)(=O)Cc2ccccc2)c1=O. The molecule has 0 saturated heterocycles. The zero-order valence-corrected chi connectivity index (χ0v) is 23.7. The molecule has 4 rings (SSSR count). The number of sulfonamides is 1. The highest BCUT2D eigenvalue weighted by Gasteiger charge is 2.23. The Morgan fingerprint density at radius 2 is 1.55 bits per heavy atom. The lowest BCUT2D eigenvalue weighted by Crippen LogP contribution is -2.38. The molecule has 3 aromatic carbocycles. The minimum absolute atomic E-state index is 0.0667. The van der Waals surface area contributed by atoms with Gasteiger partial charge >= 0.3 is 0 Å². The van der Waals surface area contributed by atoms with Crippen LogP contribution in [0.5, 0.6) is 5.75 Å². The van der Waals surface area contributed by atoms with Crippen LogP contribution in [-0.4, -0.2) is 30.0 Å². The van der Waals surface area contributed by atoms with Crippen molar-refractivity contribution in [3.63, 3.8) is 0 Å². The fraction of sp³-hybridized carbons (Fsp3) is 0.167. The second kappa shape index (κ2) is 13.0. The summed E-state index contributed by atoms with van der Waals surface area (Å²) in [7, 11) is -3.92. The van der Waals surface area contributed by atoms with Crippen LogP contribution >= 0.6 is 0 Å². The van der Waals surface area contributed by atoms with E-state index in [1.54, 1.807) is 79.7 Å². The molecule has 1 amide bonds. The summed E-state index contributed by atoms with van der Waals surface area (Å²) in [6, 6.07) is 24.0. The van der Waals surface area contributed by atoms with Crippen molar-refractivity contribution in [1.82, 2.24) is 9.88 Å². The zero-order chi connectivity index (χ0) is 30.3. The van der Waals surface area contributed by atoms with E-state index in [4.69, 9.17) is 11.5 Å². The van der Waals surface area contributed by atoms with Gasteiger partial charge < -0.3 is 21.9 Å². The number of nitrogens with one attached hydrogen (secondary N) is 2. The molecule has 0 aliphatic rings. The number of anilines is 1. The number of hydrogen-bond donors (Lipinski definition) is 5. The molecule has 218 valence electrons. The lowest BCUT2D eigenvalue weighted by atomic mass is 10.1. The minimum Gasteiger partial charge on any atom is -0.508 e. The average Bonchev–Trinajstić information content (AvgIpc) is 2.95. The molecule has 11 nitrogen and oxygen atoms in total. The summed E-state index contributed by atoms with van der Waals surface area (Å²) < 4.78 is 29.5. The number of aromatic hydroxyl groups is 1. The highest BCUT2D eigenvalue weighted by molar-refractivity contribution is 7.91. The molecule has 4 aromatic rings. The molecule has 0 fully saturated rings. The maximum absolute atomic E-state index is 13.7. The van der Waals surface area contributed by atoms with E-state index in [-0.39, 0.29) is 36.1 Å². The second-order valence-electron chi connectivity index (χ2n) is 9.70. The van der Waals surface area contributed by atoms with Crippen LogP contribution in [0.2, 0.25) is 0 Å². The van der Waals surface area contributed by atoms with Crippen LogP contribution in [0.15, 0.2) is 101 Å². The van der Waals surface area contributed by atoms with Gasteiger partial charge in [-0.25, -0.2) is 13.4 Å². The van der Waals surface area contributed by atoms with Crippen molar-refractivity contribution in [2.45, 2.75) is 31.7 Å². The number of carbonyl (C=O) groups excluding carboxylic acids is 1. The van der Waals surface area contributed by atoms with E-state index in [0.29, 0.717) is 16.9 Å². The Bertz CT molecular complexity index is 1730. The predicted molar refractivity (Wildman–Crippen MR) is 163 cm³/mol. The summed E-state index contributed by atoms with van der Waals surface area (Å²) in [5, 5.41) is 12.5. The first-order chi connectivity index (χ1) is 20.0. The van der Waals surface area contributed by atoms with Crippen molar-refractivity contribution in [2.75, 3.05) is 4.72 Å². The molecule has 0 spiro atoms. The van der Waals surface area contributed by atoms with Crippen molar-refractivity contribution < 1.29 is 18.3 Å². The molecule has 12 heteroatoms. The van der Waals surface area contributed by atoms with E-state index in [1.807, 2.05) is 0 Å². The summed E-state index contributed by atoms with van der Waals surface area (Å²) in [5.41, 5.74) is 13.2. The number of nitrogens with two attached hydrogens (primary N) is 2. The third-order valence-corrected chi connectivity index (χ3v) is 7.66. The van der Waals surface area contributed by atoms with Crippen molar-refractivity contribution in [3.8, 4) is 5.75 Å². The van der Waals surface area contributed by atoms with Gasteiger partial charge in [0, 0.05) is 18.7 Å². The number of rotatable bonds is 11. The van der Waals surface area contributed by atoms with Crippen molar-refractivity contribution >= 4 is 33.3 Å². The van der Waals surface area contributed by atoms with Gasteiger partial charge in [-0.05, 0) is 60.0 Å².